The van der Waals surface area contributed by atoms with Crippen molar-refractivity contribution in [2.75, 3.05) is 32.2 Å². The molecule has 0 saturated heterocycles. The minimum Gasteiger partial charge on any atom is -0.466 e. The summed E-state index contributed by atoms with van der Waals surface area (Å²) in [6.07, 6.45) is 3.12. The van der Waals surface area contributed by atoms with Crippen LogP contribution in [-0.2, 0) is 35.7 Å². The molecule has 8 heteroatoms. The number of ether oxygens (including phenoxy) is 2. The normalized spacial score (nSPS) is 13.9. The Kier molecular flexibility index (Phi) is 7.56. The summed E-state index contributed by atoms with van der Waals surface area (Å²) in [5.74, 6) is -1.07. The molecule has 33 heavy (non-hydrogen) atoms. The molecule has 0 fully saturated rings. The van der Waals surface area contributed by atoms with Gasteiger partial charge in [-0.1, -0.05) is 0 Å². The first-order valence-electron chi connectivity index (χ1n) is 11.4. The van der Waals surface area contributed by atoms with Gasteiger partial charge in [-0.05, 0) is 56.4 Å². The maximum absolute atomic E-state index is 12.6. The Hall–Kier alpha value is -3.16. The van der Waals surface area contributed by atoms with Crippen molar-refractivity contribution in [2.45, 2.75) is 57.8 Å². The first-order valence-corrected chi connectivity index (χ1v) is 11.4. The second-order valence-corrected chi connectivity index (χ2v) is 8.66. The number of carbonyl (C=O) groups is 4. The SMILES string of the molecule is CCOC(=O)CC(C=O)(CC(=O)OCC)c1cc2[nH]c3c(c2cc1N(C)C)CCCCC3=O. The van der Waals surface area contributed by atoms with Crippen LogP contribution in [0.1, 0.15) is 67.6 Å². The molecule has 0 unspecified atom stereocenters. The number of aromatic amines is 1. The zero-order valence-electron chi connectivity index (χ0n) is 19.8. The van der Waals surface area contributed by atoms with Crippen LogP contribution in [0, 0.1) is 0 Å². The lowest BCUT2D eigenvalue weighted by Gasteiger charge is -2.31. The summed E-state index contributed by atoms with van der Waals surface area (Å²) in [4.78, 5) is 55.4. The Morgan fingerprint density at radius 3 is 2.21 bits per heavy atom. The van der Waals surface area contributed by atoms with Crippen molar-refractivity contribution in [3.05, 3.63) is 29.0 Å². The molecule has 1 N–H and O–H groups in total. The molecule has 0 amide bonds. The van der Waals surface area contributed by atoms with Crippen LogP contribution in [0.4, 0.5) is 5.69 Å². The number of H-pyrrole nitrogens is 1. The lowest BCUT2D eigenvalue weighted by atomic mass is 9.74. The van der Waals surface area contributed by atoms with Gasteiger partial charge in [0.1, 0.15) is 6.29 Å². The summed E-state index contributed by atoms with van der Waals surface area (Å²) >= 11 is 0. The summed E-state index contributed by atoms with van der Waals surface area (Å²) in [7, 11) is 3.68. The number of hydrogen-bond donors (Lipinski definition) is 1. The third-order valence-corrected chi connectivity index (χ3v) is 6.16. The molecular weight excluding hydrogens is 424 g/mol. The summed E-state index contributed by atoms with van der Waals surface area (Å²) in [6.45, 7) is 3.70. The van der Waals surface area contributed by atoms with Crippen LogP contribution in [0.5, 0.6) is 0 Å². The fraction of sp³-hybridized carbons (Fsp3) is 0.520. The lowest BCUT2D eigenvalue weighted by Crippen LogP contribution is -2.36. The second kappa shape index (κ2) is 10.2. The van der Waals surface area contributed by atoms with Gasteiger partial charge in [0.2, 0.25) is 0 Å². The summed E-state index contributed by atoms with van der Waals surface area (Å²) < 4.78 is 10.3. The third kappa shape index (κ3) is 4.94. The van der Waals surface area contributed by atoms with Gasteiger partial charge in [0.05, 0.1) is 37.2 Å². The largest absolute Gasteiger partial charge is 0.466 e. The van der Waals surface area contributed by atoms with E-state index in [-0.39, 0.29) is 31.8 Å². The third-order valence-electron chi connectivity index (χ3n) is 6.16. The van der Waals surface area contributed by atoms with Gasteiger partial charge in [0.15, 0.2) is 5.78 Å². The van der Waals surface area contributed by atoms with Gasteiger partial charge in [0.25, 0.3) is 0 Å². The summed E-state index contributed by atoms with van der Waals surface area (Å²) in [5, 5.41) is 0.916. The highest BCUT2D eigenvalue weighted by Gasteiger charge is 2.41. The first kappa shape index (κ1) is 24.5. The van der Waals surface area contributed by atoms with E-state index in [4.69, 9.17) is 9.47 Å². The van der Waals surface area contributed by atoms with Crippen molar-refractivity contribution < 1.29 is 28.7 Å². The van der Waals surface area contributed by atoms with Gasteiger partial charge in [-0.2, -0.15) is 0 Å². The molecule has 1 aliphatic carbocycles. The van der Waals surface area contributed by atoms with Gasteiger partial charge < -0.3 is 24.2 Å². The quantitative estimate of drug-likeness (QED) is 0.350. The van der Waals surface area contributed by atoms with Crippen LogP contribution in [-0.4, -0.2) is 56.3 Å². The molecule has 0 radical (unpaired) electrons. The smallest absolute Gasteiger partial charge is 0.307 e. The molecule has 2 aromatic rings. The zero-order chi connectivity index (χ0) is 24.2. The van der Waals surface area contributed by atoms with E-state index < -0.39 is 17.4 Å². The molecule has 0 atom stereocenters. The monoisotopic (exact) mass is 456 g/mol. The number of Topliss-reactive ketones (excluding diaryl/α,β-unsaturated/α-hetero) is 1. The number of ketones is 1. The average Bonchev–Trinajstić information content (AvgIpc) is 3.03. The fourth-order valence-electron chi connectivity index (χ4n) is 4.60. The van der Waals surface area contributed by atoms with E-state index in [1.54, 1.807) is 19.9 Å². The molecule has 3 rings (SSSR count). The average molecular weight is 457 g/mol. The number of hydrogen-bond acceptors (Lipinski definition) is 7. The minimum absolute atomic E-state index is 0.0753. The summed E-state index contributed by atoms with van der Waals surface area (Å²) in [5.41, 5.74) is 2.03. The van der Waals surface area contributed by atoms with Crippen LogP contribution in [0.15, 0.2) is 12.1 Å². The molecule has 0 saturated carbocycles. The Bertz CT molecular complexity index is 1050. The molecule has 0 spiro atoms. The fourth-order valence-corrected chi connectivity index (χ4v) is 4.60. The Labute approximate surface area is 193 Å². The first-order chi connectivity index (χ1) is 15.8. The molecule has 0 bridgehead atoms. The number of carbonyl (C=O) groups excluding carboxylic acids is 4. The van der Waals surface area contributed by atoms with E-state index in [2.05, 4.69) is 4.98 Å². The van der Waals surface area contributed by atoms with Crippen LogP contribution in [0.2, 0.25) is 0 Å². The molecule has 1 aromatic carbocycles. The number of nitrogens with one attached hydrogen (secondary N) is 1. The van der Waals surface area contributed by atoms with E-state index in [9.17, 15) is 19.2 Å². The van der Waals surface area contributed by atoms with Crippen molar-refractivity contribution in [1.82, 2.24) is 4.98 Å². The topological polar surface area (TPSA) is 106 Å². The molecule has 1 aromatic heterocycles. The van der Waals surface area contributed by atoms with Gasteiger partial charge >= 0.3 is 11.9 Å². The number of aldehydes is 1. The molecule has 1 heterocycles. The summed E-state index contributed by atoms with van der Waals surface area (Å²) in [6, 6.07) is 3.73. The van der Waals surface area contributed by atoms with Crippen LogP contribution >= 0.6 is 0 Å². The molecule has 8 nitrogen and oxygen atoms in total. The van der Waals surface area contributed by atoms with Gasteiger partial charge in [-0.25, -0.2) is 0 Å². The number of fused-ring (bicyclic) bond motifs is 3. The number of aromatic nitrogens is 1. The van der Waals surface area contributed by atoms with E-state index in [0.717, 1.165) is 30.2 Å². The predicted molar refractivity (Wildman–Crippen MR) is 125 cm³/mol. The Morgan fingerprint density at radius 2 is 1.67 bits per heavy atom. The number of aryl methyl sites for hydroxylation is 1. The van der Waals surface area contributed by atoms with Crippen LogP contribution < -0.4 is 4.90 Å². The van der Waals surface area contributed by atoms with E-state index in [1.165, 1.54) is 0 Å². The number of benzene rings is 1. The minimum atomic E-state index is -1.47. The van der Waals surface area contributed by atoms with Gasteiger partial charge in [0, 0.05) is 37.1 Å². The maximum atomic E-state index is 12.6. The standard InChI is InChI=1S/C25H32N2O6/c1-5-32-22(30)13-25(15-28,14-23(31)33-6-2)18-12-19-17(11-20(18)27(3)4)16-9-7-8-10-21(29)24(16)26-19/h11-12,15,26H,5-10,13-14H2,1-4H3. The molecule has 1 aliphatic rings. The predicted octanol–water partition coefficient (Wildman–Crippen LogP) is 3.49. The van der Waals surface area contributed by atoms with Gasteiger partial charge in [-0.15, -0.1) is 0 Å². The maximum Gasteiger partial charge on any atom is 0.307 e. The highest BCUT2D eigenvalue weighted by molar-refractivity contribution is 6.04. The van der Waals surface area contributed by atoms with E-state index in [0.29, 0.717) is 35.2 Å². The molecular formula is C25H32N2O6. The zero-order valence-corrected chi connectivity index (χ0v) is 19.8. The van der Waals surface area contributed by atoms with Crippen LogP contribution in [0.25, 0.3) is 10.9 Å². The van der Waals surface area contributed by atoms with E-state index in [1.807, 2.05) is 25.1 Å². The Balaban J connectivity index is 2.24. The van der Waals surface area contributed by atoms with Crippen molar-refractivity contribution >= 4 is 40.6 Å². The van der Waals surface area contributed by atoms with Crippen LogP contribution in [0.3, 0.4) is 0 Å². The highest BCUT2D eigenvalue weighted by Crippen LogP contribution is 2.41. The lowest BCUT2D eigenvalue weighted by molar-refractivity contribution is -0.149. The second-order valence-electron chi connectivity index (χ2n) is 8.66. The number of esters is 2. The van der Waals surface area contributed by atoms with Crippen molar-refractivity contribution in [2.24, 2.45) is 0 Å². The van der Waals surface area contributed by atoms with E-state index >= 15 is 0 Å². The van der Waals surface area contributed by atoms with Gasteiger partial charge in [-0.3, -0.25) is 14.4 Å². The highest BCUT2D eigenvalue weighted by atomic mass is 16.5. The number of rotatable bonds is 9. The Morgan fingerprint density at radius 1 is 1.06 bits per heavy atom. The molecule has 0 aliphatic heterocycles. The van der Waals surface area contributed by atoms with Crippen molar-refractivity contribution in [1.29, 1.82) is 0 Å². The van der Waals surface area contributed by atoms with Crippen molar-refractivity contribution in [3.63, 3.8) is 0 Å². The van der Waals surface area contributed by atoms with Crippen molar-refractivity contribution in [3.8, 4) is 0 Å². The number of nitrogens with zero attached hydrogens (tertiary/aromatic N) is 1. The number of anilines is 1. The molecule has 178 valence electrons.